The van der Waals surface area contributed by atoms with Crippen molar-refractivity contribution >= 4 is 23.4 Å². The first-order valence-corrected chi connectivity index (χ1v) is 6.75. The van der Waals surface area contributed by atoms with Crippen LogP contribution in [0.4, 0.5) is 0 Å². The van der Waals surface area contributed by atoms with Crippen molar-refractivity contribution in [2.75, 3.05) is 0 Å². The molecule has 0 N–H and O–H groups in total. The highest BCUT2D eigenvalue weighted by molar-refractivity contribution is 6.29. The van der Waals surface area contributed by atoms with Gasteiger partial charge in [0.2, 0.25) is 11.8 Å². The lowest BCUT2D eigenvalue weighted by molar-refractivity contribution is -0.141. The van der Waals surface area contributed by atoms with Crippen LogP contribution in [0, 0.1) is 17.8 Å². The summed E-state index contributed by atoms with van der Waals surface area (Å²) in [4.78, 5) is 33.8. The van der Waals surface area contributed by atoms with Gasteiger partial charge in [0.25, 0.3) is 0 Å². The monoisotopic (exact) mass is 279 g/mol. The summed E-state index contributed by atoms with van der Waals surface area (Å²) >= 11 is 5.66. The number of rotatable bonds is 2. The Bertz CT molecular complexity index is 507. The van der Waals surface area contributed by atoms with Crippen LogP contribution in [0.1, 0.15) is 25.5 Å². The van der Waals surface area contributed by atoms with Crippen LogP contribution in [0.15, 0.2) is 12.4 Å². The van der Waals surface area contributed by atoms with Gasteiger partial charge in [-0.1, -0.05) is 18.5 Å². The van der Waals surface area contributed by atoms with Crippen molar-refractivity contribution in [3.63, 3.8) is 0 Å². The van der Waals surface area contributed by atoms with E-state index in [1.165, 1.54) is 17.3 Å². The van der Waals surface area contributed by atoms with E-state index in [-0.39, 0.29) is 30.2 Å². The summed E-state index contributed by atoms with van der Waals surface area (Å²) in [5.41, 5.74) is 0.583. The highest BCUT2D eigenvalue weighted by Gasteiger charge is 2.51. The molecule has 5 nitrogen and oxygen atoms in total. The van der Waals surface area contributed by atoms with Crippen molar-refractivity contribution in [3.05, 3.63) is 23.2 Å². The maximum Gasteiger partial charge on any atom is 0.233 e. The number of hydrogen-bond donors (Lipinski definition) is 0. The van der Waals surface area contributed by atoms with E-state index in [1.807, 2.05) is 0 Å². The van der Waals surface area contributed by atoms with Crippen molar-refractivity contribution in [2.45, 2.75) is 26.3 Å². The molecular weight excluding hydrogens is 266 g/mol. The first-order chi connectivity index (χ1) is 9.06. The molecule has 100 valence electrons. The van der Waals surface area contributed by atoms with Gasteiger partial charge in [-0.2, -0.15) is 0 Å². The molecule has 0 bridgehead atoms. The summed E-state index contributed by atoms with van der Waals surface area (Å²) in [5.74, 6) is 0.0955. The topological polar surface area (TPSA) is 63.2 Å². The van der Waals surface area contributed by atoms with Gasteiger partial charge in [-0.3, -0.25) is 19.5 Å². The van der Waals surface area contributed by atoms with Gasteiger partial charge in [-0.15, -0.1) is 0 Å². The molecule has 0 radical (unpaired) electrons. The van der Waals surface area contributed by atoms with E-state index in [4.69, 9.17) is 11.6 Å². The fourth-order valence-corrected chi connectivity index (χ4v) is 3.18. The molecule has 2 unspecified atom stereocenters. The molecule has 1 saturated heterocycles. The van der Waals surface area contributed by atoms with Crippen LogP contribution < -0.4 is 0 Å². The number of likely N-dealkylation sites (tertiary alicyclic amines) is 1. The third-order valence-corrected chi connectivity index (χ3v) is 4.15. The van der Waals surface area contributed by atoms with Crippen molar-refractivity contribution in [2.24, 2.45) is 17.8 Å². The molecule has 2 aliphatic rings. The van der Waals surface area contributed by atoms with E-state index in [2.05, 4.69) is 16.9 Å². The molecule has 2 fully saturated rings. The molecule has 0 aromatic carbocycles. The molecule has 6 heteroatoms. The maximum absolute atomic E-state index is 12.2. The zero-order valence-corrected chi connectivity index (χ0v) is 11.3. The number of amides is 2. The van der Waals surface area contributed by atoms with Gasteiger partial charge in [0, 0.05) is 0 Å². The standard InChI is InChI=1S/C13H14ClN3O2/c1-7-2-9-10(3-7)13(19)17(12(9)18)6-8-4-16-11(14)5-15-8/h4-5,7,9-10H,2-3,6H2,1H3. The van der Waals surface area contributed by atoms with E-state index in [9.17, 15) is 9.59 Å². The van der Waals surface area contributed by atoms with E-state index >= 15 is 0 Å². The summed E-state index contributed by atoms with van der Waals surface area (Å²) in [7, 11) is 0. The number of carbonyl (C=O) groups is 2. The number of aromatic nitrogens is 2. The van der Waals surface area contributed by atoms with E-state index in [0.717, 1.165) is 12.8 Å². The lowest BCUT2D eigenvalue weighted by Gasteiger charge is -2.16. The van der Waals surface area contributed by atoms with Crippen molar-refractivity contribution in [1.29, 1.82) is 0 Å². The second kappa shape index (κ2) is 4.56. The van der Waals surface area contributed by atoms with Crippen LogP contribution in [0.25, 0.3) is 0 Å². The van der Waals surface area contributed by atoms with Crippen LogP contribution in [-0.2, 0) is 16.1 Å². The Hall–Kier alpha value is -1.49. The van der Waals surface area contributed by atoms with Crippen molar-refractivity contribution < 1.29 is 9.59 Å². The number of fused-ring (bicyclic) bond motifs is 1. The molecule has 19 heavy (non-hydrogen) atoms. The lowest BCUT2D eigenvalue weighted by Crippen LogP contribution is -2.32. The zero-order valence-electron chi connectivity index (χ0n) is 10.5. The predicted octanol–water partition coefficient (Wildman–Crippen LogP) is 1.66. The van der Waals surface area contributed by atoms with Crippen molar-refractivity contribution in [1.82, 2.24) is 14.9 Å². The predicted molar refractivity (Wildman–Crippen MR) is 68.0 cm³/mol. The molecule has 3 rings (SSSR count). The molecule has 0 spiro atoms. The Balaban J connectivity index is 1.78. The Labute approximate surface area is 116 Å². The van der Waals surface area contributed by atoms with Crippen LogP contribution >= 0.6 is 11.6 Å². The minimum atomic E-state index is -0.122. The van der Waals surface area contributed by atoms with Crippen LogP contribution in [-0.4, -0.2) is 26.7 Å². The molecule has 1 saturated carbocycles. The molecular formula is C13H14ClN3O2. The SMILES string of the molecule is CC1CC2C(=O)N(Cc3cnc(Cl)cn3)C(=O)C2C1. The number of imide groups is 1. The summed E-state index contributed by atoms with van der Waals surface area (Å²) < 4.78 is 0. The molecule has 1 aliphatic carbocycles. The Morgan fingerprint density at radius 1 is 1.21 bits per heavy atom. The average Bonchev–Trinajstić information content (AvgIpc) is 2.86. The Morgan fingerprint density at radius 3 is 2.37 bits per heavy atom. The molecule has 2 atom stereocenters. The van der Waals surface area contributed by atoms with Crippen molar-refractivity contribution in [3.8, 4) is 0 Å². The minimum Gasteiger partial charge on any atom is -0.276 e. The third kappa shape index (κ3) is 2.12. The van der Waals surface area contributed by atoms with Crippen LogP contribution in [0.3, 0.4) is 0 Å². The normalized spacial score (nSPS) is 30.0. The number of carbonyl (C=O) groups excluding carboxylic acids is 2. The number of halogens is 1. The van der Waals surface area contributed by atoms with Gasteiger partial charge in [0.15, 0.2) is 0 Å². The van der Waals surface area contributed by atoms with Gasteiger partial charge < -0.3 is 0 Å². The van der Waals surface area contributed by atoms with Gasteiger partial charge in [0.05, 0.1) is 36.5 Å². The Morgan fingerprint density at radius 2 is 1.84 bits per heavy atom. The number of nitrogens with zero attached hydrogens (tertiary/aromatic N) is 3. The zero-order chi connectivity index (χ0) is 13.6. The Kier molecular flexibility index (Phi) is 3.01. The van der Waals surface area contributed by atoms with E-state index in [1.54, 1.807) is 0 Å². The quantitative estimate of drug-likeness (QED) is 0.773. The molecule has 1 aromatic rings. The summed E-state index contributed by atoms with van der Waals surface area (Å²) in [6, 6.07) is 0. The van der Waals surface area contributed by atoms with E-state index < -0.39 is 0 Å². The van der Waals surface area contributed by atoms with E-state index in [0.29, 0.717) is 16.8 Å². The minimum absolute atomic E-state index is 0.0592. The van der Waals surface area contributed by atoms with Crippen LogP contribution in [0.5, 0.6) is 0 Å². The van der Waals surface area contributed by atoms with Gasteiger partial charge >= 0.3 is 0 Å². The second-order valence-corrected chi connectivity index (χ2v) is 5.77. The smallest absolute Gasteiger partial charge is 0.233 e. The second-order valence-electron chi connectivity index (χ2n) is 5.38. The number of hydrogen-bond acceptors (Lipinski definition) is 4. The van der Waals surface area contributed by atoms with Crippen LogP contribution in [0.2, 0.25) is 5.15 Å². The molecule has 2 heterocycles. The summed E-state index contributed by atoms with van der Waals surface area (Å²) in [6.07, 6.45) is 4.56. The average molecular weight is 280 g/mol. The highest BCUT2D eigenvalue weighted by Crippen LogP contribution is 2.43. The highest BCUT2D eigenvalue weighted by atomic mass is 35.5. The first kappa shape index (κ1) is 12.5. The fraction of sp³-hybridized carbons (Fsp3) is 0.538. The molecule has 1 aliphatic heterocycles. The lowest BCUT2D eigenvalue weighted by atomic mass is 10.00. The molecule has 1 aromatic heterocycles. The van der Waals surface area contributed by atoms with Gasteiger partial charge in [-0.05, 0) is 18.8 Å². The van der Waals surface area contributed by atoms with Gasteiger partial charge in [0.1, 0.15) is 5.15 Å². The first-order valence-electron chi connectivity index (χ1n) is 6.38. The fourth-order valence-electron chi connectivity index (χ4n) is 3.09. The summed E-state index contributed by atoms with van der Waals surface area (Å²) in [6.45, 7) is 2.29. The summed E-state index contributed by atoms with van der Waals surface area (Å²) in [5, 5.41) is 0.300. The van der Waals surface area contributed by atoms with Gasteiger partial charge in [-0.25, -0.2) is 4.98 Å². The maximum atomic E-state index is 12.2. The molecule has 2 amide bonds. The third-order valence-electron chi connectivity index (χ3n) is 3.96. The largest absolute Gasteiger partial charge is 0.276 e.